The Kier molecular flexibility index (Phi) is 9.81. The van der Waals surface area contributed by atoms with Gasteiger partial charge in [-0.2, -0.15) is 0 Å². The quantitative estimate of drug-likeness (QED) is 0.460. The maximum Gasteiger partial charge on any atom is 0.191 e. The number of halogens is 1. The van der Waals surface area contributed by atoms with Crippen LogP contribution in [0.3, 0.4) is 0 Å². The Morgan fingerprint density at radius 3 is 2.28 bits per heavy atom. The predicted octanol–water partition coefficient (Wildman–Crippen LogP) is 2.14. The van der Waals surface area contributed by atoms with E-state index >= 15 is 0 Å². The molecule has 2 N–H and O–H groups in total. The summed E-state index contributed by atoms with van der Waals surface area (Å²) >= 11 is 0. The molecule has 0 bridgehead atoms. The van der Waals surface area contributed by atoms with Crippen molar-refractivity contribution < 1.29 is 0 Å². The number of hydrogen-bond donors (Lipinski definition) is 1. The van der Waals surface area contributed by atoms with Gasteiger partial charge in [-0.05, 0) is 39.3 Å². The van der Waals surface area contributed by atoms with Gasteiger partial charge in [-0.3, -0.25) is 9.89 Å². The molecule has 1 rings (SSSR count). The third-order valence-electron chi connectivity index (χ3n) is 3.63. The number of nitrogens with zero attached hydrogens (tertiary/aromatic N) is 3. The molecular weight excluding hydrogens is 339 g/mol. The van der Waals surface area contributed by atoms with Crippen molar-refractivity contribution in [3.63, 3.8) is 0 Å². The molecule has 0 aromatic heterocycles. The molecular formula is C13H29IN4. The van der Waals surface area contributed by atoms with Gasteiger partial charge in [0, 0.05) is 19.1 Å². The fourth-order valence-electron chi connectivity index (χ4n) is 2.41. The average molecular weight is 368 g/mol. The smallest absolute Gasteiger partial charge is 0.191 e. The lowest BCUT2D eigenvalue weighted by molar-refractivity contribution is 0.236. The predicted molar refractivity (Wildman–Crippen MR) is 89.7 cm³/mol. The molecule has 1 unspecified atom stereocenters. The van der Waals surface area contributed by atoms with E-state index in [1.165, 1.54) is 19.3 Å². The molecule has 1 aliphatic heterocycles. The largest absolute Gasteiger partial charge is 0.370 e. The Morgan fingerprint density at radius 2 is 1.78 bits per heavy atom. The third kappa shape index (κ3) is 5.73. The molecule has 0 spiro atoms. The molecule has 1 atom stereocenters. The van der Waals surface area contributed by atoms with Crippen LogP contribution in [0.1, 0.15) is 40.0 Å². The number of likely N-dealkylation sites (N-methyl/N-ethyl adjacent to an activating group) is 1. The van der Waals surface area contributed by atoms with Gasteiger partial charge >= 0.3 is 0 Å². The molecule has 0 radical (unpaired) electrons. The Balaban J connectivity index is 0.00000289. The molecule has 1 fully saturated rings. The van der Waals surface area contributed by atoms with Crippen molar-refractivity contribution in [2.75, 3.05) is 32.7 Å². The highest BCUT2D eigenvalue weighted by Gasteiger charge is 2.13. The van der Waals surface area contributed by atoms with Crippen LogP contribution in [-0.2, 0) is 0 Å². The molecule has 0 amide bonds. The maximum atomic E-state index is 6.04. The summed E-state index contributed by atoms with van der Waals surface area (Å²) in [7, 11) is 0. The molecule has 1 heterocycles. The van der Waals surface area contributed by atoms with Crippen molar-refractivity contribution in [1.29, 1.82) is 0 Å². The van der Waals surface area contributed by atoms with Crippen molar-refractivity contribution in [2.24, 2.45) is 10.7 Å². The van der Waals surface area contributed by atoms with Crippen molar-refractivity contribution >= 4 is 29.9 Å². The van der Waals surface area contributed by atoms with Crippen LogP contribution >= 0.6 is 24.0 Å². The Bertz CT molecular complexity index is 235. The van der Waals surface area contributed by atoms with Crippen LogP contribution in [0.4, 0.5) is 0 Å². The van der Waals surface area contributed by atoms with Gasteiger partial charge in [0.2, 0.25) is 0 Å². The molecule has 0 aliphatic carbocycles. The lowest BCUT2D eigenvalue weighted by Gasteiger charge is -2.29. The number of piperidine rings is 1. The second kappa shape index (κ2) is 9.83. The van der Waals surface area contributed by atoms with Gasteiger partial charge in [-0.1, -0.05) is 13.8 Å². The number of rotatable bonds is 5. The van der Waals surface area contributed by atoms with Crippen molar-refractivity contribution in [1.82, 2.24) is 9.80 Å². The highest BCUT2D eigenvalue weighted by atomic mass is 127. The molecule has 0 aromatic rings. The van der Waals surface area contributed by atoms with Crippen LogP contribution in [0.15, 0.2) is 4.99 Å². The second-order valence-electron chi connectivity index (χ2n) is 4.82. The minimum atomic E-state index is 0. The first-order valence-electron chi connectivity index (χ1n) is 6.98. The molecule has 18 heavy (non-hydrogen) atoms. The van der Waals surface area contributed by atoms with Crippen molar-refractivity contribution in [2.45, 2.75) is 46.1 Å². The van der Waals surface area contributed by atoms with Crippen molar-refractivity contribution in [3.8, 4) is 0 Å². The number of aliphatic imine (C=N–C) groups is 1. The first kappa shape index (κ1) is 18.0. The van der Waals surface area contributed by atoms with E-state index in [2.05, 4.69) is 35.6 Å². The second-order valence-corrected chi connectivity index (χ2v) is 4.82. The van der Waals surface area contributed by atoms with E-state index in [4.69, 9.17) is 5.73 Å². The van der Waals surface area contributed by atoms with E-state index < -0.39 is 0 Å². The highest BCUT2D eigenvalue weighted by molar-refractivity contribution is 14.0. The zero-order valence-electron chi connectivity index (χ0n) is 12.1. The number of likely N-dealkylation sites (tertiary alicyclic amines) is 1. The Hall–Kier alpha value is -0.0400. The molecule has 5 heteroatoms. The van der Waals surface area contributed by atoms with Crippen LogP contribution in [0, 0.1) is 0 Å². The molecule has 0 saturated carbocycles. The van der Waals surface area contributed by atoms with E-state index in [9.17, 15) is 0 Å². The van der Waals surface area contributed by atoms with Crippen LogP contribution < -0.4 is 5.73 Å². The molecule has 4 nitrogen and oxygen atoms in total. The summed E-state index contributed by atoms with van der Waals surface area (Å²) in [6, 6.07) is 0.480. The molecule has 1 saturated heterocycles. The standard InChI is InChI=1S/C13H28N4.HI/c1-4-16(5-2)12(3)11-15-13(14)17-9-7-6-8-10-17;/h12H,4-11H2,1-3H3,(H2,14,15);1H. The minimum Gasteiger partial charge on any atom is -0.370 e. The summed E-state index contributed by atoms with van der Waals surface area (Å²) in [5.74, 6) is 0.740. The zero-order chi connectivity index (χ0) is 12.7. The fourth-order valence-corrected chi connectivity index (χ4v) is 2.41. The number of nitrogens with two attached hydrogens (primary N) is 1. The normalized spacial score (nSPS) is 18.7. The molecule has 108 valence electrons. The third-order valence-corrected chi connectivity index (χ3v) is 3.63. The molecule has 1 aliphatic rings. The van der Waals surface area contributed by atoms with Gasteiger partial charge in [0.1, 0.15) is 0 Å². The van der Waals surface area contributed by atoms with Crippen LogP contribution in [0.5, 0.6) is 0 Å². The van der Waals surface area contributed by atoms with Crippen LogP contribution in [-0.4, -0.2) is 54.5 Å². The lowest BCUT2D eigenvalue weighted by atomic mass is 10.1. The van der Waals surface area contributed by atoms with Gasteiger partial charge in [-0.25, -0.2) is 0 Å². The maximum absolute atomic E-state index is 6.04. The zero-order valence-corrected chi connectivity index (χ0v) is 14.4. The average Bonchev–Trinajstić information content (AvgIpc) is 2.38. The summed E-state index contributed by atoms with van der Waals surface area (Å²) in [4.78, 5) is 9.17. The van der Waals surface area contributed by atoms with E-state index in [-0.39, 0.29) is 24.0 Å². The number of hydrogen-bond acceptors (Lipinski definition) is 2. The van der Waals surface area contributed by atoms with Gasteiger partial charge < -0.3 is 10.6 Å². The molecule has 0 aromatic carbocycles. The fraction of sp³-hybridized carbons (Fsp3) is 0.923. The van der Waals surface area contributed by atoms with Crippen LogP contribution in [0.2, 0.25) is 0 Å². The lowest BCUT2D eigenvalue weighted by Crippen LogP contribution is -2.42. The Labute approximate surface area is 129 Å². The first-order valence-corrected chi connectivity index (χ1v) is 6.98. The van der Waals surface area contributed by atoms with Gasteiger partial charge in [-0.15, -0.1) is 24.0 Å². The van der Waals surface area contributed by atoms with E-state index in [0.29, 0.717) is 6.04 Å². The Morgan fingerprint density at radius 1 is 1.22 bits per heavy atom. The van der Waals surface area contributed by atoms with E-state index in [0.717, 1.165) is 38.7 Å². The van der Waals surface area contributed by atoms with E-state index in [1.807, 2.05) is 0 Å². The summed E-state index contributed by atoms with van der Waals surface area (Å²) in [5.41, 5.74) is 6.04. The summed E-state index contributed by atoms with van der Waals surface area (Å²) in [6.45, 7) is 11.7. The minimum absolute atomic E-state index is 0. The summed E-state index contributed by atoms with van der Waals surface area (Å²) in [6.07, 6.45) is 3.84. The van der Waals surface area contributed by atoms with Gasteiger partial charge in [0.25, 0.3) is 0 Å². The summed E-state index contributed by atoms with van der Waals surface area (Å²) in [5, 5.41) is 0. The topological polar surface area (TPSA) is 44.9 Å². The van der Waals surface area contributed by atoms with E-state index in [1.54, 1.807) is 0 Å². The first-order chi connectivity index (χ1) is 8.19. The summed E-state index contributed by atoms with van der Waals surface area (Å²) < 4.78 is 0. The highest BCUT2D eigenvalue weighted by Crippen LogP contribution is 2.08. The SMILES string of the molecule is CCN(CC)C(C)CN=C(N)N1CCCCC1.I. The van der Waals surface area contributed by atoms with Crippen molar-refractivity contribution in [3.05, 3.63) is 0 Å². The monoisotopic (exact) mass is 368 g/mol. The van der Waals surface area contributed by atoms with Crippen LogP contribution in [0.25, 0.3) is 0 Å². The number of guanidine groups is 1. The van der Waals surface area contributed by atoms with Gasteiger partial charge in [0.15, 0.2) is 5.96 Å². The van der Waals surface area contributed by atoms with Gasteiger partial charge in [0.05, 0.1) is 6.54 Å².